The molecule has 2 N–H and O–H groups in total. The number of hydrogen-bond donors (Lipinski definition) is 2. The number of hydrogen-bond acceptors (Lipinski definition) is 3. The van der Waals surface area contributed by atoms with Crippen LogP contribution in [0.15, 0.2) is 47.4 Å². The molecule has 8 heteroatoms. The van der Waals surface area contributed by atoms with Crippen LogP contribution in [0.4, 0.5) is 11.4 Å². The van der Waals surface area contributed by atoms with Gasteiger partial charge in [-0.1, -0.05) is 42.6 Å². The van der Waals surface area contributed by atoms with Crippen molar-refractivity contribution in [3.8, 4) is 0 Å². The van der Waals surface area contributed by atoms with Crippen LogP contribution in [0.25, 0.3) is 0 Å². The molecule has 0 aliphatic rings. The Kier molecular flexibility index (Phi) is 6.70. The van der Waals surface area contributed by atoms with Gasteiger partial charge in [-0.2, -0.15) is 0 Å². The van der Waals surface area contributed by atoms with Crippen molar-refractivity contribution in [1.82, 2.24) is 0 Å². The Labute approximate surface area is 157 Å². The van der Waals surface area contributed by atoms with E-state index in [-0.39, 0.29) is 21.5 Å². The minimum absolute atomic E-state index is 0.0114. The van der Waals surface area contributed by atoms with Gasteiger partial charge in [0.2, 0.25) is 5.91 Å². The Bertz CT molecular complexity index is 870. The zero-order valence-corrected chi connectivity index (χ0v) is 15.9. The number of anilines is 2. The SMILES string of the molecule is CCCCC(=O)Nc1cc(S(=O)(=O)Nc2cccc(Cl)c2)ccc1Cl. The maximum Gasteiger partial charge on any atom is 0.261 e. The largest absolute Gasteiger partial charge is 0.325 e. The Hall–Kier alpha value is -1.76. The van der Waals surface area contributed by atoms with Crippen molar-refractivity contribution in [3.63, 3.8) is 0 Å². The van der Waals surface area contributed by atoms with E-state index < -0.39 is 10.0 Å². The minimum atomic E-state index is -3.84. The van der Waals surface area contributed by atoms with Gasteiger partial charge in [-0.25, -0.2) is 8.42 Å². The molecule has 0 aromatic heterocycles. The summed E-state index contributed by atoms with van der Waals surface area (Å²) >= 11 is 11.9. The molecule has 0 radical (unpaired) electrons. The van der Waals surface area contributed by atoms with Crippen molar-refractivity contribution in [2.24, 2.45) is 0 Å². The molecular formula is C17H18Cl2N2O3S. The van der Waals surface area contributed by atoms with Crippen LogP contribution in [-0.4, -0.2) is 14.3 Å². The first-order valence-electron chi connectivity index (χ1n) is 7.69. The van der Waals surface area contributed by atoms with Crippen LogP contribution in [0.2, 0.25) is 10.0 Å². The van der Waals surface area contributed by atoms with Gasteiger partial charge in [-0.15, -0.1) is 0 Å². The molecule has 2 rings (SSSR count). The molecule has 134 valence electrons. The van der Waals surface area contributed by atoms with Crippen LogP contribution < -0.4 is 10.0 Å². The van der Waals surface area contributed by atoms with Crippen molar-refractivity contribution in [3.05, 3.63) is 52.5 Å². The van der Waals surface area contributed by atoms with E-state index in [2.05, 4.69) is 10.0 Å². The van der Waals surface area contributed by atoms with Crippen molar-refractivity contribution in [2.75, 3.05) is 10.0 Å². The quantitative estimate of drug-likeness (QED) is 0.691. The number of rotatable bonds is 7. The summed E-state index contributed by atoms with van der Waals surface area (Å²) in [6.07, 6.45) is 1.99. The average molecular weight is 401 g/mol. The van der Waals surface area contributed by atoms with E-state index >= 15 is 0 Å². The molecule has 0 heterocycles. The summed E-state index contributed by atoms with van der Waals surface area (Å²) in [4.78, 5) is 11.9. The number of halogens is 2. The number of sulfonamides is 1. The van der Waals surface area contributed by atoms with Crippen molar-refractivity contribution in [2.45, 2.75) is 31.1 Å². The lowest BCUT2D eigenvalue weighted by Crippen LogP contribution is -2.15. The van der Waals surface area contributed by atoms with E-state index in [0.717, 1.165) is 12.8 Å². The van der Waals surface area contributed by atoms with Crippen LogP contribution in [-0.2, 0) is 14.8 Å². The summed E-state index contributed by atoms with van der Waals surface area (Å²) in [5.41, 5.74) is 0.604. The fraction of sp³-hybridized carbons (Fsp3) is 0.235. The topological polar surface area (TPSA) is 75.3 Å². The molecule has 0 unspecified atom stereocenters. The van der Waals surface area contributed by atoms with Crippen LogP contribution in [0.1, 0.15) is 26.2 Å². The second kappa shape index (κ2) is 8.56. The van der Waals surface area contributed by atoms with Gasteiger partial charge in [0.05, 0.1) is 21.3 Å². The normalized spacial score (nSPS) is 11.2. The molecule has 0 atom stereocenters. The predicted octanol–water partition coefficient (Wildman–Crippen LogP) is 4.92. The van der Waals surface area contributed by atoms with E-state index in [1.54, 1.807) is 18.2 Å². The van der Waals surface area contributed by atoms with Gasteiger partial charge in [0.1, 0.15) is 0 Å². The minimum Gasteiger partial charge on any atom is -0.325 e. The highest BCUT2D eigenvalue weighted by atomic mass is 35.5. The molecule has 0 aliphatic heterocycles. The molecule has 0 bridgehead atoms. The first-order chi connectivity index (χ1) is 11.8. The van der Waals surface area contributed by atoms with Gasteiger partial charge >= 0.3 is 0 Å². The number of carbonyl (C=O) groups excluding carboxylic acids is 1. The molecular weight excluding hydrogens is 383 g/mol. The lowest BCUT2D eigenvalue weighted by atomic mass is 10.2. The lowest BCUT2D eigenvalue weighted by Gasteiger charge is -2.12. The zero-order valence-electron chi connectivity index (χ0n) is 13.6. The number of unbranched alkanes of at least 4 members (excludes halogenated alkanes) is 1. The van der Waals surface area contributed by atoms with Crippen LogP contribution >= 0.6 is 23.2 Å². The van der Waals surface area contributed by atoms with Gasteiger partial charge in [0.15, 0.2) is 0 Å². The second-order valence-electron chi connectivity index (χ2n) is 5.41. The highest BCUT2D eigenvalue weighted by molar-refractivity contribution is 7.92. The molecule has 5 nitrogen and oxygen atoms in total. The average Bonchev–Trinajstić information content (AvgIpc) is 2.54. The number of benzene rings is 2. The Morgan fingerprint density at radius 1 is 1.12 bits per heavy atom. The van der Waals surface area contributed by atoms with Crippen molar-refractivity contribution < 1.29 is 13.2 Å². The second-order valence-corrected chi connectivity index (χ2v) is 7.94. The third-order valence-electron chi connectivity index (χ3n) is 3.36. The molecule has 2 aromatic carbocycles. The van der Waals surface area contributed by atoms with Gasteiger partial charge in [0.25, 0.3) is 10.0 Å². The molecule has 0 spiro atoms. The van der Waals surface area contributed by atoms with Gasteiger partial charge < -0.3 is 5.32 Å². The highest BCUT2D eigenvalue weighted by Crippen LogP contribution is 2.27. The summed E-state index contributed by atoms with van der Waals surface area (Å²) in [5, 5.41) is 3.33. The maximum atomic E-state index is 12.5. The van der Waals surface area contributed by atoms with Crippen LogP contribution in [0, 0.1) is 0 Å². The Balaban J connectivity index is 2.23. The molecule has 0 saturated carbocycles. The molecule has 1 amide bonds. The van der Waals surface area contributed by atoms with Crippen LogP contribution in [0.5, 0.6) is 0 Å². The smallest absolute Gasteiger partial charge is 0.261 e. The predicted molar refractivity (Wildman–Crippen MR) is 102 cm³/mol. The van der Waals surface area contributed by atoms with Gasteiger partial charge in [-0.05, 0) is 42.8 Å². The first-order valence-corrected chi connectivity index (χ1v) is 9.93. The fourth-order valence-corrected chi connectivity index (χ4v) is 3.51. The number of amides is 1. The van der Waals surface area contributed by atoms with E-state index in [1.165, 1.54) is 24.3 Å². The third kappa shape index (κ3) is 5.63. The standard InChI is InChI=1S/C17H18Cl2N2O3S/c1-2-3-7-17(22)20-16-11-14(8-9-15(16)19)25(23,24)21-13-6-4-5-12(18)10-13/h4-6,8-11,21H,2-3,7H2,1H3,(H,20,22). The molecule has 2 aromatic rings. The first kappa shape index (κ1) is 19.6. The van der Waals surface area contributed by atoms with E-state index in [0.29, 0.717) is 17.1 Å². The summed E-state index contributed by atoms with van der Waals surface area (Å²) in [5.74, 6) is -0.207. The monoisotopic (exact) mass is 400 g/mol. The molecule has 0 aliphatic carbocycles. The third-order valence-corrected chi connectivity index (χ3v) is 5.30. The zero-order chi connectivity index (χ0) is 18.4. The van der Waals surface area contributed by atoms with E-state index in [1.807, 2.05) is 6.92 Å². The van der Waals surface area contributed by atoms with E-state index in [9.17, 15) is 13.2 Å². The summed E-state index contributed by atoms with van der Waals surface area (Å²) in [6.45, 7) is 1.98. The summed E-state index contributed by atoms with van der Waals surface area (Å²) in [7, 11) is -3.84. The van der Waals surface area contributed by atoms with Crippen molar-refractivity contribution in [1.29, 1.82) is 0 Å². The Morgan fingerprint density at radius 3 is 2.56 bits per heavy atom. The van der Waals surface area contributed by atoms with Gasteiger partial charge in [0, 0.05) is 11.4 Å². The fourth-order valence-electron chi connectivity index (χ4n) is 2.08. The lowest BCUT2D eigenvalue weighted by molar-refractivity contribution is -0.116. The number of carbonyl (C=O) groups is 1. The molecule has 0 saturated heterocycles. The van der Waals surface area contributed by atoms with Gasteiger partial charge in [-0.3, -0.25) is 9.52 Å². The summed E-state index contributed by atoms with van der Waals surface area (Å²) in [6, 6.07) is 10.5. The number of nitrogens with one attached hydrogen (secondary N) is 2. The molecule has 25 heavy (non-hydrogen) atoms. The highest BCUT2D eigenvalue weighted by Gasteiger charge is 2.17. The molecule has 0 fully saturated rings. The summed E-state index contributed by atoms with van der Waals surface area (Å²) < 4.78 is 27.5. The maximum absolute atomic E-state index is 12.5. The van der Waals surface area contributed by atoms with Crippen molar-refractivity contribution >= 4 is 50.5 Å². The van der Waals surface area contributed by atoms with Crippen LogP contribution in [0.3, 0.4) is 0 Å². The van der Waals surface area contributed by atoms with E-state index in [4.69, 9.17) is 23.2 Å². The Morgan fingerprint density at radius 2 is 1.88 bits per heavy atom.